The van der Waals surface area contributed by atoms with Gasteiger partial charge in [0.25, 0.3) is 0 Å². The molecule has 0 bridgehead atoms. The Bertz CT molecular complexity index is 837. The van der Waals surface area contributed by atoms with Gasteiger partial charge in [0.05, 0.1) is 18.1 Å². The second kappa shape index (κ2) is 5.96. The Labute approximate surface area is 134 Å². The third-order valence-corrected chi connectivity index (χ3v) is 5.97. The Hall–Kier alpha value is -1.89. The minimum Gasteiger partial charge on any atom is -0.508 e. The van der Waals surface area contributed by atoms with E-state index in [9.17, 15) is 17.9 Å². The SMILES string of the molecule is Cc1c(O)cc2ccc(OCC3CCS(=O)(=O)CC3)nc2c1F. The fourth-order valence-corrected chi connectivity index (χ4v) is 4.27. The number of hydrogen-bond donors (Lipinski definition) is 1. The summed E-state index contributed by atoms with van der Waals surface area (Å²) in [6, 6.07) is 4.73. The van der Waals surface area contributed by atoms with Crippen LogP contribution in [0.25, 0.3) is 10.9 Å². The molecule has 3 rings (SSSR count). The molecule has 1 saturated heterocycles. The number of rotatable bonds is 3. The number of benzene rings is 1. The van der Waals surface area contributed by atoms with Crippen molar-refractivity contribution in [2.24, 2.45) is 5.92 Å². The second-order valence-electron chi connectivity index (χ2n) is 5.96. The van der Waals surface area contributed by atoms with E-state index >= 15 is 0 Å². The summed E-state index contributed by atoms with van der Waals surface area (Å²) in [4.78, 5) is 4.16. The monoisotopic (exact) mass is 339 g/mol. The minimum atomic E-state index is -2.89. The van der Waals surface area contributed by atoms with Gasteiger partial charge < -0.3 is 9.84 Å². The molecule has 124 valence electrons. The summed E-state index contributed by atoms with van der Waals surface area (Å²) in [7, 11) is -2.89. The van der Waals surface area contributed by atoms with Crippen molar-refractivity contribution in [2.45, 2.75) is 19.8 Å². The molecule has 2 aromatic rings. The van der Waals surface area contributed by atoms with Gasteiger partial charge in [-0.05, 0) is 37.8 Å². The van der Waals surface area contributed by atoms with Crippen LogP contribution in [0.15, 0.2) is 18.2 Å². The van der Waals surface area contributed by atoms with Gasteiger partial charge in [-0.3, -0.25) is 0 Å². The van der Waals surface area contributed by atoms with Crippen molar-refractivity contribution in [3.05, 3.63) is 29.6 Å². The van der Waals surface area contributed by atoms with Gasteiger partial charge >= 0.3 is 0 Å². The van der Waals surface area contributed by atoms with E-state index in [1.165, 1.54) is 13.0 Å². The maximum Gasteiger partial charge on any atom is 0.213 e. The zero-order valence-electron chi connectivity index (χ0n) is 12.8. The highest BCUT2D eigenvalue weighted by Crippen LogP contribution is 2.29. The summed E-state index contributed by atoms with van der Waals surface area (Å²) in [6.45, 7) is 1.86. The van der Waals surface area contributed by atoms with Crippen LogP contribution in [0.2, 0.25) is 0 Å². The van der Waals surface area contributed by atoms with E-state index in [4.69, 9.17) is 4.74 Å². The first-order valence-electron chi connectivity index (χ1n) is 7.48. The van der Waals surface area contributed by atoms with Crippen molar-refractivity contribution >= 4 is 20.7 Å². The fraction of sp³-hybridized carbons (Fsp3) is 0.438. The van der Waals surface area contributed by atoms with E-state index < -0.39 is 15.7 Å². The molecule has 1 aliphatic rings. The van der Waals surface area contributed by atoms with Crippen LogP contribution in [0.5, 0.6) is 11.6 Å². The van der Waals surface area contributed by atoms with E-state index in [2.05, 4.69) is 4.98 Å². The number of halogens is 1. The van der Waals surface area contributed by atoms with Crippen LogP contribution in [0.4, 0.5) is 4.39 Å². The predicted molar refractivity (Wildman–Crippen MR) is 85.0 cm³/mol. The first-order valence-corrected chi connectivity index (χ1v) is 9.30. The largest absolute Gasteiger partial charge is 0.508 e. The number of aromatic hydroxyl groups is 1. The van der Waals surface area contributed by atoms with Gasteiger partial charge in [-0.1, -0.05) is 0 Å². The first kappa shape index (κ1) is 16.0. The molecule has 5 nitrogen and oxygen atoms in total. The quantitative estimate of drug-likeness (QED) is 0.930. The maximum atomic E-state index is 14.2. The van der Waals surface area contributed by atoms with E-state index in [0.717, 1.165) is 0 Å². The summed E-state index contributed by atoms with van der Waals surface area (Å²) in [6.07, 6.45) is 1.16. The molecule has 0 radical (unpaired) electrons. The molecule has 1 N–H and O–H groups in total. The second-order valence-corrected chi connectivity index (χ2v) is 8.27. The van der Waals surface area contributed by atoms with Gasteiger partial charge in [-0.2, -0.15) is 0 Å². The van der Waals surface area contributed by atoms with E-state index in [1.54, 1.807) is 12.1 Å². The number of pyridine rings is 1. The van der Waals surface area contributed by atoms with Crippen LogP contribution in [0.3, 0.4) is 0 Å². The van der Waals surface area contributed by atoms with Crippen LogP contribution in [0, 0.1) is 18.7 Å². The number of sulfone groups is 1. The first-order chi connectivity index (χ1) is 10.9. The van der Waals surface area contributed by atoms with Gasteiger partial charge in [0.15, 0.2) is 5.82 Å². The highest BCUT2D eigenvalue weighted by Gasteiger charge is 2.24. The summed E-state index contributed by atoms with van der Waals surface area (Å²) < 4.78 is 42.6. The molecule has 1 fully saturated rings. The number of ether oxygens (including phenoxy) is 1. The number of nitrogens with zero attached hydrogens (tertiary/aromatic N) is 1. The normalized spacial score (nSPS) is 18.2. The Kier molecular flexibility index (Phi) is 4.14. The molecule has 7 heteroatoms. The molecule has 0 saturated carbocycles. The lowest BCUT2D eigenvalue weighted by molar-refractivity contribution is 0.231. The van der Waals surface area contributed by atoms with Crippen molar-refractivity contribution in [1.82, 2.24) is 4.98 Å². The van der Waals surface area contributed by atoms with Crippen LogP contribution in [-0.4, -0.2) is 36.6 Å². The Morgan fingerprint density at radius 3 is 2.74 bits per heavy atom. The smallest absolute Gasteiger partial charge is 0.213 e. The highest BCUT2D eigenvalue weighted by atomic mass is 32.2. The highest BCUT2D eigenvalue weighted by molar-refractivity contribution is 7.91. The molecule has 0 atom stereocenters. The van der Waals surface area contributed by atoms with Crippen molar-refractivity contribution in [3.8, 4) is 11.6 Å². The molecule has 0 unspecified atom stereocenters. The van der Waals surface area contributed by atoms with Crippen molar-refractivity contribution in [1.29, 1.82) is 0 Å². The number of aromatic nitrogens is 1. The molecule has 1 aromatic carbocycles. The Balaban J connectivity index is 1.74. The van der Waals surface area contributed by atoms with E-state index in [0.29, 0.717) is 30.7 Å². The summed E-state index contributed by atoms with van der Waals surface area (Å²) in [5.41, 5.74) is 0.309. The lowest BCUT2D eigenvalue weighted by Gasteiger charge is -2.21. The third kappa shape index (κ3) is 3.39. The molecule has 2 heterocycles. The summed E-state index contributed by atoms with van der Waals surface area (Å²) in [5, 5.41) is 10.1. The van der Waals surface area contributed by atoms with Crippen LogP contribution >= 0.6 is 0 Å². The molecule has 0 spiro atoms. The summed E-state index contributed by atoms with van der Waals surface area (Å²) in [5.74, 6) is 0.193. The van der Waals surface area contributed by atoms with Crippen molar-refractivity contribution in [3.63, 3.8) is 0 Å². The predicted octanol–water partition coefficient (Wildman–Crippen LogP) is 2.59. The van der Waals surface area contributed by atoms with Crippen molar-refractivity contribution < 1.29 is 22.7 Å². The number of phenolic OH excluding ortho intramolecular Hbond substituents is 1. The minimum absolute atomic E-state index is 0.103. The van der Waals surface area contributed by atoms with Crippen LogP contribution in [0.1, 0.15) is 18.4 Å². The molecule has 1 aliphatic heterocycles. The lowest BCUT2D eigenvalue weighted by Crippen LogP contribution is -2.27. The molecule has 0 amide bonds. The number of fused-ring (bicyclic) bond motifs is 1. The van der Waals surface area contributed by atoms with Crippen molar-refractivity contribution in [2.75, 3.05) is 18.1 Å². The van der Waals surface area contributed by atoms with Gasteiger partial charge in [-0.15, -0.1) is 0 Å². The number of phenols is 1. The molecular formula is C16H18FNO4S. The Morgan fingerprint density at radius 2 is 2.04 bits per heavy atom. The third-order valence-electron chi connectivity index (χ3n) is 4.26. The van der Waals surface area contributed by atoms with Gasteiger partial charge in [0, 0.05) is 17.0 Å². The van der Waals surface area contributed by atoms with Crippen LogP contribution in [-0.2, 0) is 9.84 Å². The topological polar surface area (TPSA) is 76.5 Å². The van der Waals surface area contributed by atoms with Gasteiger partial charge in [-0.25, -0.2) is 17.8 Å². The molecular weight excluding hydrogens is 321 g/mol. The fourth-order valence-electron chi connectivity index (χ4n) is 2.68. The van der Waals surface area contributed by atoms with Gasteiger partial charge in [0.1, 0.15) is 21.1 Å². The Morgan fingerprint density at radius 1 is 1.35 bits per heavy atom. The average Bonchev–Trinajstić information content (AvgIpc) is 2.52. The lowest BCUT2D eigenvalue weighted by atomic mass is 10.0. The summed E-state index contributed by atoms with van der Waals surface area (Å²) >= 11 is 0. The molecule has 23 heavy (non-hydrogen) atoms. The van der Waals surface area contributed by atoms with Crippen LogP contribution < -0.4 is 4.74 Å². The molecule has 0 aliphatic carbocycles. The standard InChI is InChI=1S/C16H18FNO4S/c1-10-13(19)8-12-2-3-14(18-16(12)15(10)17)22-9-11-4-6-23(20,21)7-5-11/h2-3,8,11,19H,4-7,9H2,1H3. The number of hydrogen-bond acceptors (Lipinski definition) is 5. The van der Waals surface area contributed by atoms with E-state index in [1.807, 2.05) is 0 Å². The zero-order chi connectivity index (χ0) is 16.6. The maximum absolute atomic E-state index is 14.2. The zero-order valence-corrected chi connectivity index (χ0v) is 13.6. The molecule has 1 aromatic heterocycles. The van der Waals surface area contributed by atoms with E-state index in [-0.39, 0.29) is 34.3 Å². The van der Waals surface area contributed by atoms with Gasteiger partial charge in [0.2, 0.25) is 5.88 Å². The average molecular weight is 339 g/mol.